The molecule has 0 aliphatic carbocycles. The van der Waals surface area contributed by atoms with E-state index < -0.39 is 23.6 Å². The lowest BCUT2D eigenvalue weighted by atomic mass is 9.85. The van der Waals surface area contributed by atoms with Gasteiger partial charge in [0.2, 0.25) is 17.7 Å². The van der Waals surface area contributed by atoms with E-state index in [4.69, 9.17) is 5.73 Å². The number of phenols is 1. The first-order valence-corrected chi connectivity index (χ1v) is 21.1. The van der Waals surface area contributed by atoms with Crippen LogP contribution in [0.1, 0.15) is 44.0 Å². The van der Waals surface area contributed by atoms with Gasteiger partial charge in [0.05, 0.1) is 34.4 Å². The maximum absolute atomic E-state index is 14.1. The lowest BCUT2D eigenvalue weighted by Gasteiger charge is -2.37. The summed E-state index contributed by atoms with van der Waals surface area (Å²) in [6, 6.07) is 23.1. The zero-order valence-electron chi connectivity index (χ0n) is 34.5. The summed E-state index contributed by atoms with van der Waals surface area (Å²) in [6.07, 6.45) is -0.724. The number of nitrogen functional groups attached to an aromatic ring is 1. The number of phenolic OH excluding ortho intramolecular Hbond substituents is 1. The molecule has 4 heterocycles. The molecule has 0 saturated carbocycles. The van der Waals surface area contributed by atoms with Crippen LogP contribution < -0.4 is 16.4 Å². The molecule has 14 nitrogen and oxygen atoms in total. The fourth-order valence-electron chi connectivity index (χ4n) is 7.80. The monoisotopic (exact) mass is 831 g/mol. The molecule has 314 valence electrons. The molecule has 2 fully saturated rings. The van der Waals surface area contributed by atoms with Crippen molar-refractivity contribution in [3.8, 4) is 38.6 Å². The number of nitrogens with zero attached hydrogens (tertiary/aromatic N) is 6. The van der Waals surface area contributed by atoms with Gasteiger partial charge in [0, 0.05) is 63.4 Å². The average Bonchev–Trinajstić information content (AvgIpc) is 3.85. The number of carbonyl (C=O) groups excluding carboxylic acids is 3. The van der Waals surface area contributed by atoms with Crippen LogP contribution in [-0.2, 0) is 27.5 Å². The standard InChI is InChI=1S/C45H53N9O5S/c1-28-40(60-27-48-28)32-15-9-29(10-16-32)23-47-43(58)37-21-33(55)25-54(37)44(59)41(45(2,3)4)49-39(57)26-53-19-17-52(18-20-53)24-30-11-13-31(14-12-30)35-22-36(50-51-42(35)46)34-7-5-6-8-38(34)56/h5-16,22,27,33,37,41,55-56H,17-21,23-26H2,1-4H3,(H2,46,51)(H,47,58)(H,49,57)/t33-,37+,41-/m1/s1. The first-order valence-electron chi connectivity index (χ1n) is 20.2. The first-order chi connectivity index (χ1) is 28.7. The highest BCUT2D eigenvalue weighted by atomic mass is 32.1. The largest absolute Gasteiger partial charge is 0.507 e. The predicted octanol–water partition coefficient (Wildman–Crippen LogP) is 4.46. The van der Waals surface area contributed by atoms with Crippen LogP contribution in [-0.4, -0.2) is 115 Å². The number of benzene rings is 3. The molecule has 5 aromatic rings. The highest BCUT2D eigenvalue weighted by Gasteiger charge is 2.44. The lowest BCUT2D eigenvalue weighted by Crippen LogP contribution is -2.59. The Balaban J connectivity index is 0.898. The van der Waals surface area contributed by atoms with Crippen molar-refractivity contribution >= 4 is 34.9 Å². The number of nitrogens with two attached hydrogens (primary N) is 1. The van der Waals surface area contributed by atoms with Gasteiger partial charge in [-0.2, -0.15) is 0 Å². The summed E-state index contributed by atoms with van der Waals surface area (Å²) < 4.78 is 0. The van der Waals surface area contributed by atoms with E-state index in [1.807, 2.05) is 81.7 Å². The number of hydrogen-bond acceptors (Lipinski definition) is 12. The van der Waals surface area contributed by atoms with Crippen LogP contribution in [0.25, 0.3) is 32.8 Å². The molecule has 0 bridgehead atoms. The predicted molar refractivity (Wildman–Crippen MR) is 232 cm³/mol. The van der Waals surface area contributed by atoms with Crippen molar-refractivity contribution in [2.24, 2.45) is 5.41 Å². The second-order valence-corrected chi connectivity index (χ2v) is 17.6. The van der Waals surface area contributed by atoms with Crippen molar-refractivity contribution in [3.63, 3.8) is 0 Å². The number of piperazine rings is 1. The number of β-amino-alcohol motifs (C(OH)–C–C–N with tert-alkyl or cyclic N) is 1. The first kappa shape index (κ1) is 42.4. The molecule has 7 rings (SSSR count). The molecule has 3 atom stereocenters. The fraction of sp³-hybridized carbons (Fsp3) is 0.378. The summed E-state index contributed by atoms with van der Waals surface area (Å²) in [4.78, 5) is 52.4. The second kappa shape index (κ2) is 18.3. The van der Waals surface area contributed by atoms with Gasteiger partial charge in [0.25, 0.3) is 0 Å². The SMILES string of the molecule is Cc1ncsc1-c1ccc(CNC(=O)[C@@H]2C[C@@H](O)CN2C(=O)[C@@H](NC(=O)CN2CCN(Cc3ccc(-c4cc(-c5ccccc5O)nnc4N)cc3)CC2)C(C)(C)C)cc1. The van der Waals surface area contributed by atoms with Crippen molar-refractivity contribution in [2.45, 2.75) is 65.4 Å². The number of hydrogen-bond donors (Lipinski definition) is 5. The Hall–Kier alpha value is -5.74. The molecule has 3 aromatic carbocycles. The average molecular weight is 832 g/mol. The number of nitrogens with one attached hydrogen (secondary N) is 2. The van der Waals surface area contributed by atoms with Crippen molar-refractivity contribution in [3.05, 3.63) is 101 Å². The number of para-hydroxylation sites is 1. The number of thiazole rings is 1. The summed E-state index contributed by atoms with van der Waals surface area (Å²) >= 11 is 1.58. The van der Waals surface area contributed by atoms with Crippen LogP contribution in [0.3, 0.4) is 0 Å². The zero-order valence-corrected chi connectivity index (χ0v) is 35.3. The molecule has 2 aliphatic rings. The quantitative estimate of drug-likeness (QED) is 0.119. The number of anilines is 1. The molecule has 2 aromatic heterocycles. The van der Waals surface area contributed by atoms with Gasteiger partial charge >= 0.3 is 0 Å². The van der Waals surface area contributed by atoms with Crippen LogP contribution in [0.5, 0.6) is 5.75 Å². The second-order valence-electron chi connectivity index (χ2n) is 16.7. The van der Waals surface area contributed by atoms with Crippen molar-refractivity contribution in [1.82, 2.24) is 40.5 Å². The minimum Gasteiger partial charge on any atom is -0.507 e. The number of rotatable bonds is 12. The topological polar surface area (TPSA) is 190 Å². The summed E-state index contributed by atoms with van der Waals surface area (Å²) in [5.41, 5.74) is 14.2. The number of aromatic hydroxyl groups is 1. The van der Waals surface area contributed by atoms with Gasteiger partial charge in [-0.1, -0.05) is 81.4 Å². The Morgan fingerprint density at radius 2 is 1.57 bits per heavy atom. The van der Waals surface area contributed by atoms with E-state index in [2.05, 4.69) is 47.7 Å². The third-order valence-electron chi connectivity index (χ3n) is 11.2. The molecular weight excluding hydrogens is 779 g/mol. The number of aliphatic hydroxyl groups is 1. The van der Waals surface area contributed by atoms with Crippen LogP contribution in [0.2, 0.25) is 0 Å². The number of amides is 3. The van der Waals surface area contributed by atoms with Crippen LogP contribution in [0.4, 0.5) is 5.82 Å². The van der Waals surface area contributed by atoms with E-state index in [9.17, 15) is 24.6 Å². The summed E-state index contributed by atoms with van der Waals surface area (Å²) in [5, 5.41) is 35.2. The minimum absolute atomic E-state index is 0.0164. The van der Waals surface area contributed by atoms with Crippen molar-refractivity contribution in [2.75, 3.05) is 45.0 Å². The van der Waals surface area contributed by atoms with Gasteiger partial charge in [-0.05, 0) is 52.8 Å². The number of aryl methyl sites for hydroxylation is 1. The Labute approximate surface area is 354 Å². The van der Waals surface area contributed by atoms with E-state index in [-0.39, 0.29) is 49.5 Å². The molecule has 6 N–H and O–H groups in total. The van der Waals surface area contributed by atoms with Gasteiger partial charge in [0.15, 0.2) is 5.82 Å². The highest BCUT2D eigenvalue weighted by Crippen LogP contribution is 2.33. The maximum atomic E-state index is 14.1. The highest BCUT2D eigenvalue weighted by molar-refractivity contribution is 7.13. The normalized spacial score (nSPS) is 18.0. The Morgan fingerprint density at radius 3 is 2.23 bits per heavy atom. The lowest BCUT2D eigenvalue weighted by molar-refractivity contribution is -0.144. The summed E-state index contributed by atoms with van der Waals surface area (Å²) in [5.74, 6) is -0.563. The van der Waals surface area contributed by atoms with Crippen molar-refractivity contribution < 1.29 is 24.6 Å². The molecule has 3 amide bonds. The van der Waals surface area contributed by atoms with E-state index in [0.29, 0.717) is 30.2 Å². The molecule has 2 saturated heterocycles. The van der Waals surface area contributed by atoms with E-state index in [1.165, 1.54) is 4.90 Å². The molecule has 2 aliphatic heterocycles. The minimum atomic E-state index is -0.895. The zero-order chi connectivity index (χ0) is 42.6. The van der Waals surface area contributed by atoms with Crippen LogP contribution in [0, 0.1) is 12.3 Å². The van der Waals surface area contributed by atoms with E-state index in [0.717, 1.165) is 58.0 Å². The van der Waals surface area contributed by atoms with Crippen LogP contribution >= 0.6 is 11.3 Å². The third kappa shape index (κ3) is 9.99. The molecule has 0 spiro atoms. The van der Waals surface area contributed by atoms with Gasteiger partial charge in [-0.15, -0.1) is 21.5 Å². The number of aromatic nitrogens is 3. The molecular formula is C45H53N9O5S. The van der Waals surface area contributed by atoms with Gasteiger partial charge < -0.3 is 31.5 Å². The van der Waals surface area contributed by atoms with Crippen LogP contribution in [0.15, 0.2) is 84.4 Å². The molecule has 0 radical (unpaired) electrons. The van der Waals surface area contributed by atoms with E-state index in [1.54, 1.807) is 29.5 Å². The molecule has 60 heavy (non-hydrogen) atoms. The van der Waals surface area contributed by atoms with Gasteiger partial charge in [-0.25, -0.2) is 4.98 Å². The number of aliphatic hydroxyl groups excluding tert-OH is 1. The van der Waals surface area contributed by atoms with Gasteiger partial charge in [0.1, 0.15) is 17.8 Å². The third-order valence-corrected chi connectivity index (χ3v) is 12.2. The number of carbonyl (C=O) groups is 3. The summed E-state index contributed by atoms with van der Waals surface area (Å²) in [6.45, 7) is 11.7. The molecule has 15 heteroatoms. The maximum Gasteiger partial charge on any atom is 0.246 e. The number of likely N-dealkylation sites (tertiary alicyclic amines) is 1. The molecule has 0 unspecified atom stereocenters. The van der Waals surface area contributed by atoms with Crippen molar-refractivity contribution in [1.29, 1.82) is 0 Å². The smallest absolute Gasteiger partial charge is 0.246 e. The summed E-state index contributed by atoms with van der Waals surface area (Å²) in [7, 11) is 0. The Bertz CT molecular complexity index is 2300. The fourth-order valence-corrected chi connectivity index (χ4v) is 8.61. The van der Waals surface area contributed by atoms with E-state index >= 15 is 0 Å². The van der Waals surface area contributed by atoms with Gasteiger partial charge in [-0.3, -0.25) is 24.2 Å². The Morgan fingerprint density at radius 1 is 0.900 bits per heavy atom. The Kier molecular flexibility index (Phi) is 12.9.